The lowest BCUT2D eigenvalue weighted by molar-refractivity contribution is -0.134. The third-order valence-electron chi connectivity index (χ3n) is 6.61. The molecule has 2 saturated heterocycles. The number of nitrogens with zero attached hydrogens (tertiary/aromatic N) is 2. The summed E-state index contributed by atoms with van der Waals surface area (Å²) < 4.78 is 14.9. The van der Waals surface area contributed by atoms with Crippen molar-refractivity contribution in [3.8, 4) is 0 Å². The van der Waals surface area contributed by atoms with Gasteiger partial charge in [0.2, 0.25) is 5.91 Å². The molecule has 2 heterocycles. The van der Waals surface area contributed by atoms with Gasteiger partial charge in [-0.15, -0.1) is 0 Å². The summed E-state index contributed by atoms with van der Waals surface area (Å²) in [5.74, 6) is 0.0348. The molecule has 10 nitrogen and oxygen atoms in total. The summed E-state index contributed by atoms with van der Waals surface area (Å²) in [4.78, 5) is 50.5. The van der Waals surface area contributed by atoms with Crippen LogP contribution in [0.25, 0.3) is 0 Å². The molecule has 1 N–H and O–H groups in total. The van der Waals surface area contributed by atoms with E-state index in [9.17, 15) is 19.2 Å². The molecule has 3 fully saturated rings. The average Bonchev–Trinajstić information content (AvgIpc) is 3.13. The molecule has 0 bridgehead atoms. The monoisotopic (exact) mass is 447 g/mol. The van der Waals surface area contributed by atoms with Crippen LogP contribution in [0.15, 0.2) is 23.8 Å². The molecule has 4 rings (SSSR count). The van der Waals surface area contributed by atoms with Gasteiger partial charge in [0.15, 0.2) is 6.61 Å². The number of hydrogen-bond acceptors (Lipinski definition) is 7. The molecule has 0 radical (unpaired) electrons. The number of nitrogens with one attached hydrogen (secondary N) is 1. The molecule has 32 heavy (non-hydrogen) atoms. The largest absolute Gasteiger partial charge is 0.508 e. The second-order valence-corrected chi connectivity index (χ2v) is 8.72. The maximum absolute atomic E-state index is 12.4. The van der Waals surface area contributed by atoms with Crippen molar-refractivity contribution in [3.63, 3.8) is 0 Å². The molecule has 2 aliphatic heterocycles. The van der Waals surface area contributed by atoms with E-state index in [2.05, 4.69) is 22.2 Å². The molecule has 0 aromatic heterocycles. The summed E-state index contributed by atoms with van der Waals surface area (Å²) in [6.07, 6.45) is 6.41. The van der Waals surface area contributed by atoms with Crippen LogP contribution in [-0.2, 0) is 23.8 Å². The third-order valence-corrected chi connectivity index (χ3v) is 6.61. The zero-order chi connectivity index (χ0) is 22.9. The molecule has 3 amide bonds. The summed E-state index contributed by atoms with van der Waals surface area (Å²) >= 11 is 0. The van der Waals surface area contributed by atoms with Crippen LogP contribution in [0.4, 0.5) is 9.59 Å². The van der Waals surface area contributed by atoms with Crippen molar-refractivity contribution in [2.75, 3.05) is 39.4 Å². The Morgan fingerprint density at radius 3 is 2.78 bits per heavy atom. The van der Waals surface area contributed by atoms with Gasteiger partial charge in [0.25, 0.3) is 5.91 Å². The molecule has 0 aromatic carbocycles. The van der Waals surface area contributed by atoms with Crippen molar-refractivity contribution in [3.05, 3.63) is 23.8 Å². The molecule has 4 aliphatic rings. The lowest BCUT2D eigenvalue weighted by Crippen LogP contribution is -2.38. The fraction of sp³-hybridized carbons (Fsp3) is 0.636. The van der Waals surface area contributed by atoms with Gasteiger partial charge in [-0.05, 0) is 31.3 Å². The van der Waals surface area contributed by atoms with Crippen molar-refractivity contribution in [2.24, 2.45) is 11.3 Å². The van der Waals surface area contributed by atoms with Crippen molar-refractivity contribution >= 4 is 24.1 Å². The number of fused-ring (bicyclic) bond motifs is 1. The molecule has 1 saturated carbocycles. The van der Waals surface area contributed by atoms with E-state index >= 15 is 0 Å². The highest BCUT2D eigenvalue weighted by atomic mass is 16.7. The standard InChI is InChI=1S/C22H29N3O7/c1-3-30-21(29)31-12-19(27)24-10-16-8-22(16,13-24)15-4-6-17(7-5-15)25-11-18(32-20(25)28)9-23-14(2)26/h4-6,16-18H,3,7-13H2,1-2H3,(H,23,26)/t16?,17?,18-,22?/m0/s1. The Labute approximate surface area is 186 Å². The van der Waals surface area contributed by atoms with Crippen LogP contribution in [0.1, 0.15) is 26.7 Å². The van der Waals surface area contributed by atoms with E-state index in [0.717, 1.165) is 6.42 Å². The SMILES string of the molecule is CCOC(=O)OCC(=O)N1CC2CC2(C2=CCC(N3C[C@H](CNC(C)=O)OC3=O)C=C2)C1. The second-order valence-electron chi connectivity index (χ2n) is 8.72. The first-order chi connectivity index (χ1) is 15.3. The molecule has 3 unspecified atom stereocenters. The van der Waals surface area contributed by atoms with E-state index in [1.807, 2.05) is 6.08 Å². The number of amides is 3. The minimum absolute atomic E-state index is 0.0412. The number of allylic oxidation sites excluding steroid dienone is 1. The first-order valence-electron chi connectivity index (χ1n) is 11.0. The maximum Gasteiger partial charge on any atom is 0.508 e. The van der Waals surface area contributed by atoms with Gasteiger partial charge in [0.1, 0.15) is 6.10 Å². The number of likely N-dealkylation sites (tertiary alicyclic amines) is 1. The van der Waals surface area contributed by atoms with E-state index in [4.69, 9.17) is 9.47 Å². The minimum Gasteiger partial charge on any atom is -0.442 e. The first kappa shape index (κ1) is 22.2. The maximum atomic E-state index is 12.4. The summed E-state index contributed by atoms with van der Waals surface area (Å²) in [5.41, 5.74) is 1.16. The summed E-state index contributed by atoms with van der Waals surface area (Å²) in [6, 6.07) is -0.0840. The molecular formula is C22H29N3O7. The number of piperidine rings is 1. The molecule has 4 atom stereocenters. The average molecular weight is 447 g/mol. The van der Waals surface area contributed by atoms with Crippen LogP contribution in [0, 0.1) is 11.3 Å². The smallest absolute Gasteiger partial charge is 0.442 e. The van der Waals surface area contributed by atoms with Crippen molar-refractivity contribution in [1.82, 2.24) is 15.1 Å². The van der Waals surface area contributed by atoms with Crippen molar-refractivity contribution < 1.29 is 33.4 Å². The second kappa shape index (κ2) is 8.84. The highest BCUT2D eigenvalue weighted by Gasteiger charge is 2.62. The number of ether oxygens (including phenoxy) is 3. The topological polar surface area (TPSA) is 114 Å². The number of carbonyl (C=O) groups excluding carboxylic acids is 4. The predicted octanol–water partition coefficient (Wildman–Crippen LogP) is 1.22. The minimum atomic E-state index is -0.830. The zero-order valence-corrected chi connectivity index (χ0v) is 18.4. The van der Waals surface area contributed by atoms with Crippen molar-refractivity contribution in [2.45, 2.75) is 38.8 Å². The Bertz CT molecular complexity index is 870. The molecule has 174 valence electrons. The van der Waals surface area contributed by atoms with Gasteiger partial charge in [0.05, 0.1) is 25.7 Å². The number of cyclic esters (lactones) is 1. The Morgan fingerprint density at radius 1 is 1.28 bits per heavy atom. The van der Waals surface area contributed by atoms with Gasteiger partial charge in [0, 0.05) is 25.4 Å². The highest BCUT2D eigenvalue weighted by molar-refractivity contribution is 5.80. The van der Waals surface area contributed by atoms with Gasteiger partial charge in [-0.2, -0.15) is 0 Å². The highest BCUT2D eigenvalue weighted by Crippen LogP contribution is 2.63. The van der Waals surface area contributed by atoms with E-state index in [1.165, 1.54) is 12.5 Å². The zero-order valence-electron chi connectivity index (χ0n) is 18.4. The molecule has 2 aliphatic carbocycles. The normalized spacial score (nSPS) is 30.4. The molecule has 10 heteroatoms. The summed E-state index contributed by atoms with van der Waals surface area (Å²) in [7, 11) is 0. The van der Waals surface area contributed by atoms with Crippen LogP contribution >= 0.6 is 0 Å². The van der Waals surface area contributed by atoms with E-state index in [-0.39, 0.29) is 48.7 Å². The number of rotatable bonds is 7. The Hall–Kier alpha value is -3.04. The van der Waals surface area contributed by atoms with Gasteiger partial charge >= 0.3 is 12.2 Å². The van der Waals surface area contributed by atoms with Crippen molar-refractivity contribution in [1.29, 1.82) is 0 Å². The Morgan fingerprint density at radius 2 is 2.09 bits per heavy atom. The predicted molar refractivity (Wildman–Crippen MR) is 111 cm³/mol. The number of hydrogen-bond donors (Lipinski definition) is 1. The van der Waals surface area contributed by atoms with Gasteiger partial charge in [-0.25, -0.2) is 9.59 Å². The van der Waals surface area contributed by atoms with E-state index in [1.54, 1.807) is 16.7 Å². The molecule has 0 aromatic rings. The molecular weight excluding hydrogens is 418 g/mol. The van der Waals surface area contributed by atoms with Crippen LogP contribution in [0.5, 0.6) is 0 Å². The summed E-state index contributed by atoms with van der Waals surface area (Å²) in [6.45, 7) is 5.01. The van der Waals surface area contributed by atoms with Crippen LogP contribution < -0.4 is 5.32 Å². The van der Waals surface area contributed by atoms with Gasteiger partial charge < -0.3 is 24.4 Å². The third kappa shape index (κ3) is 4.44. The van der Waals surface area contributed by atoms with Gasteiger partial charge in [-0.1, -0.05) is 18.2 Å². The quantitative estimate of drug-likeness (QED) is 0.584. The van der Waals surface area contributed by atoms with Gasteiger partial charge in [-0.3, -0.25) is 14.5 Å². The van der Waals surface area contributed by atoms with Crippen LogP contribution in [0.2, 0.25) is 0 Å². The summed E-state index contributed by atoms with van der Waals surface area (Å²) in [5, 5.41) is 2.68. The lowest BCUT2D eigenvalue weighted by atomic mass is 9.88. The fourth-order valence-corrected chi connectivity index (χ4v) is 4.88. The first-order valence-corrected chi connectivity index (χ1v) is 11.0. The lowest BCUT2D eigenvalue weighted by Gasteiger charge is -2.27. The Kier molecular flexibility index (Phi) is 6.12. The van der Waals surface area contributed by atoms with E-state index < -0.39 is 6.16 Å². The Balaban J connectivity index is 1.28. The van der Waals surface area contributed by atoms with Crippen LogP contribution in [0.3, 0.4) is 0 Å². The van der Waals surface area contributed by atoms with E-state index in [0.29, 0.717) is 38.5 Å². The number of carbonyl (C=O) groups is 4. The molecule has 0 spiro atoms. The fourth-order valence-electron chi connectivity index (χ4n) is 4.88. The van der Waals surface area contributed by atoms with Crippen LogP contribution in [-0.4, -0.2) is 85.4 Å².